The van der Waals surface area contributed by atoms with Crippen molar-refractivity contribution in [3.05, 3.63) is 57.8 Å². The van der Waals surface area contributed by atoms with Gasteiger partial charge in [0.05, 0.1) is 5.69 Å². The molecule has 3 nitrogen and oxygen atoms in total. The second-order valence-corrected chi connectivity index (χ2v) is 6.89. The summed E-state index contributed by atoms with van der Waals surface area (Å²) in [5, 5.41) is 2.58. The summed E-state index contributed by atoms with van der Waals surface area (Å²) in [6.07, 6.45) is 3.65. The summed E-state index contributed by atoms with van der Waals surface area (Å²) in [7, 11) is 0. The Balaban J connectivity index is 1.71. The largest absolute Gasteiger partial charge is 0.481 e. The molecule has 0 unspecified atom stereocenters. The second kappa shape index (κ2) is 7.34. The van der Waals surface area contributed by atoms with Gasteiger partial charge >= 0.3 is 0 Å². The van der Waals surface area contributed by atoms with Gasteiger partial charge in [0, 0.05) is 4.47 Å². The first-order valence-electron chi connectivity index (χ1n) is 8.08. The highest BCUT2D eigenvalue weighted by atomic mass is 79.9. The maximum absolute atomic E-state index is 13.8. The second-order valence-electron chi connectivity index (χ2n) is 5.97. The number of hydrogen-bond donors (Lipinski definition) is 1. The highest BCUT2D eigenvalue weighted by Crippen LogP contribution is 2.30. The van der Waals surface area contributed by atoms with E-state index in [4.69, 9.17) is 4.74 Å². The van der Waals surface area contributed by atoms with Crippen LogP contribution >= 0.6 is 15.9 Å². The van der Waals surface area contributed by atoms with Crippen LogP contribution in [-0.2, 0) is 17.6 Å². The van der Waals surface area contributed by atoms with Gasteiger partial charge in [0.1, 0.15) is 11.6 Å². The van der Waals surface area contributed by atoms with Crippen LogP contribution in [0.15, 0.2) is 40.9 Å². The summed E-state index contributed by atoms with van der Waals surface area (Å²) in [5.41, 5.74) is 2.64. The van der Waals surface area contributed by atoms with Crippen molar-refractivity contribution in [3.8, 4) is 5.75 Å². The van der Waals surface area contributed by atoms with Crippen LogP contribution in [0.1, 0.15) is 30.9 Å². The Hall–Kier alpha value is -1.88. The van der Waals surface area contributed by atoms with Crippen LogP contribution in [0.5, 0.6) is 5.75 Å². The lowest BCUT2D eigenvalue weighted by molar-refractivity contribution is -0.122. The number of ether oxygens (including phenoxy) is 1. The molecule has 24 heavy (non-hydrogen) atoms. The molecule has 1 atom stereocenters. The molecule has 3 rings (SSSR count). The Bertz CT molecular complexity index is 763. The summed E-state index contributed by atoms with van der Waals surface area (Å²) in [5.74, 6) is -0.0993. The third kappa shape index (κ3) is 3.78. The number of halogens is 2. The van der Waals surface area contributed by atoms with Gasteiger partial charge in [-0.05, 0) is 68.0 Å². The minimum atomic E-state index is -0.707. The van der Waals surface area contributed by atoms with Gasteiger partial charge in [0.15, 0.2) is 6.10 Å². The summed E-state index contributed by atoms with van der Waals surface area (Å²) >= 11 is 3.19. The van der Waals surface area contributed by atoms with Gasteiger partial charge in [0.25, 0.3) is 5.91 Å². The van der Waals surface area contributed by atoms with Crippen molar-refractivity contribution in [2.45, 2.75) is 38.7 Å². The Labute approximate surface area is 149 Å². The van der Waals surface area contributed by atoms with Gasteiger partial charge in [-0.25, -0.2) is 4.39 Å². The number of anilines is 1. The zero-order valence-corrected chi connectivity index (χ0v) is 15.0. The third-order valence-electron chi connectivity index (χ3n) is 4.21. The average Bonchev–Trinajstić information content (AvgIpc) is 2.57. The maximum atomic E-state index is 13.8. The van der Waals surface area contributed by atoms with Crippen molar-refractivity contribution >= 4 is 27.5 Å². The Morgan fingerprint density at radius 1 is 1.25 bits per heavy atom. The van der Waals surface area contributed by atoms with Crippen molar-refractivity contribution in [2.24, 2.45) is 0 Å². The first kappa shape index (κ1) is 17.0. The van der Waals surface area contributed by atoms with Gasteiger partial charge in [-0.3, -0.25) is 4.79 Å². The monoisotopic (exact) mass is 391 g/mol. The smallest absolute Gasteiger partial charge is 0.265 e. The molecule has 0 saturated carbocycles. The summed E-state index contributed by atoms with van der Waals surface area (Å²) < 4.78 is 20.3. The molecule has 0 fully saturated rings. The summed E-state index contributed by atoms with van der Waals surface area (Å²) in [4.78, 5) is 12.3. The molecular weight excluding hydrogens is 373 g/mol. The van der Waals surface area contributed by atoms with Gasteiger partial charge < -0.3 is 10.1 Å². The Morgan fingerprint density at radius 2 is 2.04 bits per heavy atom. The molecule has 5 heteroatoms. The highest BCUT2D eigenvalue weighted by molar-refractivity contribution is 9.10. The normalized spacial score (nSPS) is 14.6. The highest BCUT2D eigenvalue weighted by Gasteiger charge is 2.20. The fraction of sp³-hybridized carbons (Fsp3) is 0.316. The molecule has 1 aliphatic carbocycles. The van der Waals surface area contributed by atoms with E-state index < -0.39 is 11.9 Å². The molecule has 126 valence electrons. The first-order valence-corrected chi connectivity index (χ1v) is 8.87. The molecule has 2 aromatic rings. The number of carbonyl (C=O) groups is 1. The number of amides is 1. The summed E-state index contributed by atoms with van der Waals surface area (Å²) in [6, 6.07) is 10.5. The van der Waals surface area contributed by atoms with Crippen LogP contribution in [0.2, 0.25) is 0 Å². The fourth-order valence-electron chi connectivity index (χ4n) is 2.93. The van der Waals surface area contributed by atoms with Crippen LogP contribution in [-0.4, -0.2) is 12.0 Å². The zero-order valence-electron chi connectivity index (χ0n) is 13.4. The van der Waals surface area contributed by atoms with E-state index in [1.807, 2.05) is 12.1 Å². The molecule has 0 saturated heterocycles. The van der Waals surface area contributed by atoms with E-state index in [2.05, 4.69) is 27.3 Å². The molecule has 0 radical (unpaired) electrons. The van der Waals surface area contributed by atoms with E-state index in [1.54, 1.807) is 13.0 Å². The number of hydrogen-bond acceptors (Lipinski definition) is 2. The molecule has 1 amide bonds. The lowest BCUT2D eigenvalue weighted by atomic mass is 9.91. The quantitative estimate of drug-likeness (QED) is 0.806. The van der Waals surface area contributed by atoms with Gasteiger partial charge in [0.2, 0.25) is 0 Å². The van der Waals surface area contributed by atoms with Crippen molar-refractivity contribution in [2.75, 3.05) is 5.32 Å². The third-order valence-corrected chi connectivity index (χ3v) is 4.71. The number of benzene rings is 2. The number of aryl methyl sites for hydroxylation is 1. The molecule has 1 aliphatic rings. The fourth-order valence-corrected chi connectivity index (χ4v) is 3.26. The molecule has 0 heterocycles. The SMILES string of the molecule is C[C@@H](Oc1cccc2c1CCCC2)C(=O)Nc1ccc(Br)cc1F. The first-order chi connectivity index (χ1) is 11.5. The molecule has 0 aliphatic heterocycles. The molecule has 2 aromatic carbocycles. The predicted octanol–water partition coefficient (Wildman–Crippen LogP) is 4.87. The van der Waals surface area contributed by atoms with Crippen LogP contribution in [0, 0.1) is 5.82 Å². The number of rotatable bonds is 4. The van der Waals surface area contributed by atoms with Crippen molar-refractivity contribution in [1.29, 1.82) is 0 Å². The Morgan fingerprint density at radius 3 is 2.83 bits per heavy atom. The molecule has 0 bridgehead atoms. The van der Waals surface area contributed by atoms with E-state index in [0.29, 0.717) is 4.47 Å². The van der Waals surface area contributed by atoms with Gasteiger partial charge in [-0.1, -0.05) is 28.1 Å². The van der Waals surface area contributed by atoms with Crippen LogP contribution in [0.3, 0.4) is 0 Å². The molecule has 1 N–H and O–H groups in total. The van der Waals surface area contributed by atoms with Gasteiger partial charge in [-0.2, -0.15) is 0 Å². The number of carbonyl (C=O) groups excluding carboxylic acids is 1. The van der Waals surface area contributed by atoms with Crippen molar-refractivity contribution < 1.29 is 13.9 Å². The van der Waals surface area contributed by atoms with E-state index in [1.165, 1.54) is 29.7 Å². The zero-order chi connectivity index (χ0) is 17.1. The lowest BCUT2D eigenvalue weighted by Gasteiger charge is -2.22. The van der Waals surface area contributed by atoms with Crippen LogP contribution in [0.25, 0.3) is 0 Å². The molecular formula is C19H19BrFNO2. The van der Waals surface area contributed by atoms with E-state index in [0.717, 1.165) is 25.0 Å². The van der Waals surface area contributed by atoms with E-state index >= 15 is 0 Å². The number of nitrogens with one attached hydrogen (secondary N) is 1. The number of fused-ring (bicyclic) bond motifs is 1. The van der Waals surface area contributed by atoms with Crippen LogP contribution in [0.4, 0.5) is 10.1 Å². The summed E-state index contributed by atoms with van der Waals surface area (Å²) in [6.45, 7) is 1.67. The standard InChI is InChI=1S/C19H19BrFNO2/c1-12(19(23)22-17-10-9-14(20)11-16(17)21)24-18-8-4-6-13-5-2-3-7-15(13)18/h4,6,8-12H,2-3,5,7H2,1H3,(H,22,23)/t12-/m1/s1. The average molecular weight is 392 g/mol. The van der Waals surface area contributed by atoms with Gasteiger partial charge in [-0.15, -0.1) is 0 Å². The van der Waals surface area contributed by atoms with Crippen molar-refractivity contribution in [3.63, 3.8) is 0 Å². The topological polar surface area (TPSA) is 38.3 Å². The van der Waals surface area contributed by atoms with Crippen LogP contribution < -0.4 is 10.1 Å². The maximum Gasteiger partial charge on any atom is 0.265 e. The van der Waals surface area contributed by atoms with E-state index in [-0.39, 0.29) is 11.6 Å². The predicted molar refractivity (Wildman–Crippen MR) is 95.9 cm³/mol. The van der Waals surface area contributed by atoms with Crippen molar-refractivity contribution in [1.82, 2.24) is 0 Å². The molecule has 0 spiro atoms. The molecule has 0 aromatic heterocycles. The minimum absolute atomic E-state index is 0.147. The lowest BCUT2D eigenvalue weighted by Crippen LogP contribution is -2.31. The Kier molecular flexibility index (Phi) is 5.19. The van der Waals surface area contributed by atoms with E-state index in [9.17, 15) is 9.18 Å². The minimum Gasteiger partial charge on any atom is -0.481 e.